The van der Waals surface area contributed by atoms with E-state index in [2.05, 4.69) is 51.8 Å². The Hall–Kier alpha value is -0.0800. The lowest BCUT2D eigenvalue weighted by Gasteiger charge is -2.39. The highest BCUT2D eigenvalue weighted by atomic mass is 15.2. The highest BCUT2D eigenvalue weighted by Crippen LogP contribution is 2.26. The standard InChI is InChI=1S/C12H26N2/c1-7-14(11(2,3)4)10-8-12(5,6)13-9-10/h10,13H,7-9H2,1-6H3. The Labute approximate surface area is 89.1 Å². The van der Waals surface area contributed by atoms with E-state index in [4.69, 9.17) is 0 Å². The van der Waals surface area contributed by atoms with Gasteiger partial charge in [0.05, 0.1) is 0 Å². The van der Waals surface area contributed by atoms with Crippen LogP contribution in [0.1, 0.15) is 48.0 Å². The molecule has 0 aromatic rings. The van der Waals surface area contributed by atoms with Crippen molar-refractivity contribution in [2.45, 2.75) is 65.1 Å². The molecule has 14 heavy (non-hydrogen) atoms. The number of hydrogen-bond acceptors (Lipinski definition) is 2. The molecule has 0 amide bonds. The molecule has 1 aliphatic heterocycles. The summed E-state index contributed by atoms with van der Waals surface area (Å²) in [4.78, 5) is 2.61. The first-order valence-electron chi connectivity index (χ1n) is 5.78. The van der Waals surface area contributed by atoms with Gasteiger partial charge in [0.15, 0.2) is 0 Å². The maximum Gasteiger partial charge on any atom is 0.0243 e. The van der Waals surface area contributed by atoms with Crippen LogP contribution >= 0.6 is 0 Å². The van der Waals surface area contributed by atoms with Crippen LogP contribution in [0.3, 0.4) is 0 Å². The normalized spacial score (nSPS) is 27.2. The minimum Gasteiger partial charge on any atom is -0.310 e. The zero-order valence-electron chi connectivity index (χ0n) is 10.6. The van der Waals surface area contributed by atoms with Crippen molar-refractivity contribution in [3.05, 3.63) is 0 Å². The SMILES string of the molecule is CCN(C1CNC(C)(C)C1)C(C)(C)C. The summed E-state index contributed by atoms with van der Waals surface area (Å²) in [5, 5.41) is 3.59. The molecule has 0 radical (unpaired) electrons. The van der Waals surface area contributed by atoms with E-state index in [1.165, 1.54) is 6.42 Å². The van der Waals surface area contributed by atoms with Gasteiger partial charge < -0.3 is 5.32 Å². The van der Waals surface area contributed by atoms with Crippen molar-refractivity contribution in [3.8, 4) is 0 Å². The van der Waals surface area contributed by atoms with Gasteiger partial charge in [-0.1, -0.05) is 6.92 Å². The molecule has 84 valence electrons. The van der Waals surface area contributed by atoms with E-state index in [1.54, 1.807) is 0 Å². The van der Waals surface area contributed by atoms with Crippen LogP contribution in [0.2, 0.25) is 0 Å². The van der Waals surface area contributed by atoms with Crippen molar-refractivity contribution >= 4 is 0 Å². The first-order valence-corrected chi connectivity index (χ1v) is 5.78. The van der Waals surface area contributed by atoms with Crippen LogP contribution in [-0.4, -0.2) is 35.1 Å². The lowest BCUT2D eigenvalue weighted by Crippen LogP contribution is -2.48. The summed E-state index contributed by atoms with van der Waals surface area (Å²) in [6.45, 7) is 16.1. The third-order valence-electron chi connectivity index (χ3n) is 3.21. The Bertz CT molecular complexity index is 191. The van der Waals surface area contributed by atoms with E-state index in [1.807, 2.05) is 0 Å². The van der Waals surface area contributed by atoms with Crippen molar-refractivity contribution in [1.82, 2.24) is 10.2 Å². The molecule has 2 heteroatoms. The second-order valence-corrected chi connectivity index (χ2v) is 6.08. The van der Waals surface area contributed by atoms with Crippen molar-refractivity contribution in [2.75, 3.05) is 13.1 Å². The molecule has 2 nitrogen and oxygen atoms in total. The molecule has 1 rings (SSSR count). The third kappa shape index (κ3) is 2.71. The van der Waals surface area contributed by atoms with Crippen LogP contribution in [0.5, 0.6) is 0 Å². The fourth-order valence-corrected chi connectivity index (χ4v) is 2.63. The molecule has 0 aromatic carbocycles. The second kappa shape index (κ2) is 3.82. The minimum atomic E-state index is 0.293. The summed E-state index contributed by atoms with van der Waals surface area (Å²) in [6.07, 6.45) is 1.26. The lowest BCUT2D eigenvalue weighted by atomic mass is 9.97. The molecule has 0 bridgehead atoms. The van der Waals surface area contributed by atoms with E-state index in [-0.39, 0.29) is 0 Å². The Morgan fingerprint density at radius 3 is 2.21 bits per heavy atom. The van der Waals surface area contributed by atoms with Crippen LogP contribution in [0.15, 0.2) is 0 Å². The largest absolute Gasteiger partial charge is 0.310 e. The van der Waals surface area contributed by atoms with Crippen molar-refractivity contribution in [3.63, 3.8) is 0 Å². The van der Waals surface area contributed by atoms with Crippen LogP contribution in [0.4, 0.5) is 0 Å². The van der Waals surface area contributed by atoms with Gasteiger partial charge in [0.25, 0.3) is 0 Å². The number of nitrogens with one attached hydrogen (secondary N) is 1. The summed E-state index contributed by atoms with van der Waals surface area (Å²) in [6, 6.07) is 0.704. The zero-order valence-corrected chi connectivity index (χ0v) is 10.6. The van der Waals surface area contributed by atoms with Crippen molar-refractivity contribution in [2.24, 2.45) is 0 Å². The van der Waals surface area contributed by atoms with Crippen molar-refractivity contribution < 1.29 is 0 Å². The molecule has 1 saturated heterocycles. The van der Waals surface area contributed by atoms with Crippen molar-refractivity contribution in [1.29, 1.82) is 0 Å². The van der Waals surface area contributed by atoms with Crippen LogP contribution in [0, 0.1) is 0 Å². The van der Waals surface area contributed by atoms with E-state index in [9.17, 15) is 0 Å². The average molecular weight is 198 g/mol. The van der Waals surface area contributed by atoms with E-state index < -0.39 is 0 Å². The van der Waals surface area contributed by atoms with Gasteiger partial charge in [0, 0.05) is 23.7 Å². The molecule has 1 heterocycles. The number of nitrogens with zero attached hydrogens (tertiary/aromatic N) is 1. The summed E-state index contributed by atoms with van der Waals surface area (Å²) >= 11 is 0. The Morgan fingerprint density at radius 2 is 1.93 bits per heavy atom. The van der Waals surface area contributed by atoms with Gasteiger partial charge in [-0.25, -0.2) is 0 Å². The quantitative estimate of drug-likeness (QED) is 0.732. The Morgan fingerprint density at radius 1 is 1.36 bits per heavy atom. The molecule has 1 unspecified atom stereocenters. The molecule has 1 atom stereocenters. The molecular formula is C12H26N2. The molecule has 1 aliphatic rings. The molecular weight excluding hydrogens is 172 g/mol. The fourth-order valence-electron chi connectivity index (χ4n) is 2.63. The summed E-state index contributed by atoms with van der Waals surface area (Å²) in [5.41, 5.74) is 0.616. The maximum atomic E-state index is 3.59. The monoisotopic (exact) mass is 198 g/mol. The highest BCUT2D eigenvalue weighted by molar-refractivity contribution is 4.96. The summed E-state index contributed by atoms with van der Waals surface area (Å²) in [5.74, 6) is 0. The molecule has 1 N–H and O–H groups in total. The van der Waals surface area contributed by atoms with Gasteiger partial charge in [-0.2, -0.15) is 0 Å². The van der Waals surface area contributed by atoms with Gasteiger partial charge in [0.2, 0.25) is 0 Å². The minimum absolute atomic E-state index is 0.293. The number of hydrogen-bond donors (Lipinski definition) is 1. The van der Waals surface area contributed by atoms with Crippen LogP contribution in [0.25, 0.3) is 0 Å². The van der Waals surface area contributed by atoms with Gasteiger partial charge in [0.1, 0.15) is 0 Å². The molecule has 0 spiro atoms. The molecule has 0 aromatic heterocycles. The maximum absolute atomic E-state index is 3.59. The first kappa shape index (κ1) is 12.0. The van der Waals surface area contributed by atoms with Crippen LogP contribution < -0.4 is 5.32 Å². The highest BCUT2D eigenvalue weighted by Gasteiger charge is 2.36. The zero-order chi connectivity index (χ0) is 11.0. The van der Waals surface area contributed by atoms with E-state index in [0.717, 1.165) is 13.1 Å². The van der Waals surface area contributed by atoms with Gasteiger partial charge in [-0.15, -0.1) is 0 Å². The van der Waals surface area contributed by atoms with E-state index >= 15 is 0 Å². The topological polar surface area (TPSA) is 15.3 Å². The van der Waals surface area contributed by atoms with Gasteiger partial charge >= 0.3 is 0 Å². The number of likely N-dealkylation sites (N-methyl/N-ethyl adjacent to an activating group) is 1. The van der Waals surface area contributed by atoms with Gasteiger partial charge in [-0.3, -0.25) is 4.90 Å². The summed E-state index contributed by atoms with van der Waals surface area (Å²) in [7, 11) is 0. The Kier molecular flexibility index (Phi) is 3.27. The van der Waals surface area contributed by atoms with Crippen LogP contribution in [-0.2, 0) is 0 Å². The molecule has 0 saturated carbocycles. The smallest absolute Gasteiger partial charge is 0.0243 e. The summed E-state index contributed by atoms with van der Waals surface area (Å²) < 4.78 is 0. The third-order valence-corrected chi connectivity index (χ3v) is 3.21. The molecule has 1 fully saturated rings. The lowest BCUT2D eigenvalue weighted by molar-refractivity contribution is 0.0947. The Balaban J connectivity index is 2.65. The van der Waals surface area contributed by atoms with E-state index in [0.29, 0.717) is 17.1 Å². The molecule has 0 aliphatic carbocycles. The van der Waals surface area contributed by atoms with Gasteiger partial charge in [-0.05, 0) is 47.6 Å². The predicted octanol–water partition coefficient (Wildman–Crippen LogP) is 2.25. The predicted molar refractivity (Wildman–Crippen MR) is 62.6 cm³/mol. The first-order chi connectivity index (χ1) is 6.26. The fraction of sp³-hybridized carbons (Fsp3) is 1.00. The second-order valence-electron chi connectivity index (χ2n) is 6.08. The average Bonchev–Trinajstić information content (AvgIpc) is 2.29. The number of rotatable bonds is 2.